The van der Waals surface area contributed by atoms with Gasteiger partial charge in [-0.1, -0.05) is 96.8 Å². The van der Waals surface area contributed by atoms with Crippen LogP contribution in [0, 0.1) is 11.8 Å². The Morgan fingerprint density at radius 1 is 0.652 bits per heavy atom. The Hall–Kier alpha value is -3.04. The van der Waals surface area contributed by atoms with Crippen LogP contribution in [-0.2, 0) is 0 Å². The van der Waals surface area contributed by atoms with Gasteiger partial charge in [0.05, 0.1) is 0 Å². The number of benzene rings is 3. The van der Waals surface area contributed by atoms with E-state index in [4.69, 9.17) is 0 Å². The molecule has 0 heterocycles. The highest BCUT2D eigenvalue weighted by atomic mass is 14.0. The zero-order valence-corrected chi connectivity index (χ0v) is 12.9. The van der Waals surface area contributed by atoms with Crippen LogP contribution < -0.4 is 0 Å². The molecule has 0 spiro atoms. The predicted molar refractivity (Wildman–Crippen MR) is 98.8 cm³/mol. The quantitative estimate of drug-likeness (QED) is 0.535. The van der Waals surface area contributed by atoms with Crippen molar-refractivity contribution in [1.82, 2.24) is 0 Å². The molecule has 0 saturated carbocycles. The summed E-state index contributed by atoms with van der Waals surface area (Å²) in [7, 11) is 0. The van der Waals surface area contributed by atoms with Gasteiger partial charge >= 0.3 is 0 Å². The Bertz CT molecular complexity index is 814. The van der Waals surface area contributed by atoms with Crippen LogP contribution in [0.2, 0.25) is 0 Å². The van der Waals surface area contributed by atoms with Crippen molar-refractivity contribution in [1.29, 1.82) is 0 Å². The maximum atomic E-state index is 3.21. The lowest BCUT2D eigenvalue weighted by Gasteiger charge is -2.00. The van der Waals surface area contributed by atoms with Crippen LogP contribution in [0.1, 0.15) is 17.5 Å². The normalized spacial score (nSPS) is 10.3. The van der Waals surface area contributed by atoms with Crippen LogP contribution in [0.5, 0.6) is 0 Å². The number of hydrogen-bond acceptors (Lipinski definition) is 0. The lowest BCUT2D eigenvalue weighted by Crippen LogP contribution is -1.78. The molecule has 0 saturated heterocycles. The molecule has 0 N–H and O–H groups in total. The van der Waals surface area contributed by atoms with Gasteiger partial charge in [-0.25, -0.2) is 0 Å². The van der Waals surface area contributed by atoms with Crippen LogP contribution in [0.25, 0.3) is 17.2 Å². The minimum absolute atomic E-state index is 0.759. The van der Waals surface area contributed by atoms with Crippen molar-refractivity contribution >= 4 is 6.08 Å². The van der Waals surface area contributed by atoms with E-state index < -0.39 is 0 Å². The van der Waals surface area contributed by atoms with E-state index in [-0.39, 0.29) is 0 Å². The number of allylic oxidation sites excluding steroid dienone is 1. The minimum atomic E-state index is 0.759. The van der Waals surface area contributed by atoms with Crippen molar-refractivity contribution in [2.75, 3.05) is 0 Å². The van der Waals surface area contributed by atoms with Gasteiger partial charge in [0.2, 0.25) is 0 Å². The molecule has 0 amide bonds. The third kappa shape index (κ3) is 4.46. The predicted octanol–water partition coefficient (Wildman–Crippen LogP) is 5.81. The first-order chi connectivity index (χ1) is 11.4. The van der Waals surface area contributed by atoms with Crippen molar-refractivity contribution in [2.45, 2.75) is 6.42 Å². The summed E-state index contributed by atoms with van der Waals surface area (Å²) in [5, 5.41) is 0. The van der Waals surface area contributed by atoms with E-state index in [0.29, 0.717) is 0 Å². The first-order valence-electron chi connectivity index (χ1n) is 7.78. The second-order valence-corrected chi connectivity index (χ2v) is 5.26. The fourth-order valence-electron chi connectivity index (χ4n) is 2.35. The maximum Gasteiger partial charge on any atom is 0.0276 e. The third-order valence-electron chi connectivity index (χ3n) is 3.55. The van der Waals surface area contributed by atoms with Crippen molar-refractivity contribution in [2.24, 2.45) is 0 Å². The van der Waals surface area contributed by atoms with Gasteiger partial charge in [0.1, 0.15) is 0 Å². The van der Waals surface area contributed by atoms with Gasteiger partial charge in [0, 0.05) is 12.0 Å². The molecule has 23 heavy (non-hydrogen) atoms. The highest BCUT2D eigenvalue weighted by molar-refractivity contribution is 5.64. The maximum absolute atomic E-state index is 3.21. The highest BCUT2D eigenvalue weighted by Gasteiger charge is 1.95. The highest BCUT2D eigenvalue weighted by Crippen LogP contribution is 2.18. The summed E-state index contributed by atoms with van der Waals surface area (Å²) in [5.74, 6) is 6.40. The van der Waals surface area contributed by atoms with Crippen molar-refractivity contribution in [3.8, 4) is 23.0 Å². The third-order valence-corrected chi connectivity index (χ3v) is 3.55. The van der Waals surface area contributed by atoms with E-state index in [1.807, 2.05) is 24.3 Å². The molecule has 0 aliphatic carbocycles. The zero-order valence-electron chi connectivity index (χ0n) is 12.9. The van der Waals surface area contributed by atoms with Crippen LogP contribution in [0.15, 0.2) is 91.0 Å². The van der Waals surface area contributed by atoms with Gasteiger partial charge < -0.3 is 0 Å². The molecule has 0 aliphatic heterocycles. The van der Waals surface area contributed by atoms with Crippen molar-refractivity contribution in [3.05, 3.63) is 102 Å². The van der Waals surface area contributed by atoms with Gasteiger partial charge in [0.15, 0.2) is 0 Å². The molecule has 0 atom stereocenters. The fourth-order valence-corrected chi connectivity index (χ4v) is 2.35. The Balaban J connectivity index is 1.60. The van der Waals surface area contributed by atoms with E-state index in [9.17, 15) is 0 Å². The molecule has 0 fully saturated rings. The molecule has 0 bridgehead atoms. The van der Waals surface area contributed by atoms with E-state index >= 15 is 0 Å². The van der Waals surface area contributed by atoms with Gasteiger partial charge in [-0.15, -0.1) is 0 Å². The van der Waals surface area contributed by atoms with Crippen LogP contribution in [-0.4, -0.2) is 0 Å². The summed E-state index contributed by atoms with van der Waals surface area (Å²) in [4.78, 5) is 0. The average molecular weight is 294 g/mol. The zero-order chi connectivity index (χ0) is 15.7. The lowest BCUT2D eigenvalue weighted by molar-refractivity contribution is 1.48. The second-order valence-electron chi connectivity index (χ2n) is 5.26. The minimum Gasteiger partial charge on any atom is -0.0937 e. The molecular formula is C23H18. The molecule has 0 aliphatic rings. The Morgan fingerprint density at radius 2 is 1.26 bits per heavy atom. The molecule has 0 radical (unpaired) electrons. The summed E-state index contributed by atoms with van der Waals surface area (Å²) in [5.41, 5.74) is 4.72. The van der Waals surface area contributed by atoms with Gasteiger partial charge in [0.25, 0.3) is 0 Å². The number of hydrogen-bond donors (Lipinski definition) is 0. The molecule has 3 rings (SSSR count). The van der Waals surface area contributed by atoms with E-state index in [2.05, 4.69) is 84.7 Å². The van der Waals surface area contributed by atoms with Crippen LogP contribution in [0.4, 0.5) is 0 Å². The first-order valence-corrected chi connectivity index (χ1v) is 7.78. The van der Waals surface area contributed by atoms with Gasteiger partial charge in [-0.2, -0.15) is 0 Å². The molecule has 3 aromatic rings. The monoisotopic (exact) mass is 294 g/mol. The molecule has 0 unspecified atom stereocenters. The lowest BCUT2D eigenvalue weighted by atomic mass is 10.0. The standard InChI is InChI=1S/C23H18/c1-4-10-20(11-5-1)12-6-2-7-13-21-16-18-23(19-17-21)22-14-8-3-9-15-22/h1,3-6,8-12,14-19H,2H2/b12-6+. The largest absolute Gasteiger partial charge is 0.0937 e. The van der Waals surface area contributed by atoms with Gasteiger partial charge in [-0.05, 0) is 28.8 Å². The van der Waals surface area contributed by atoms with Crippen LogP contribution in [0.3, 0.4) is 0 Å². The summed E-state index contributed by atoms with van der Waals surface area (Å²) in [6.07, 6.45) is 4.96. The molecular weight excluding hydrogens is 276 g/mol. The first kappa shape index (κ1) is 14.9. The Kier molecular flexibility index (Phi) is 5.06. The molecule has 0 nitrogen and oxygen atoms in total. The Labute approximate surface area is 138 Å². The topological polar surface area (TPSA) is 0 Å². The van der Waals surface area contributed by atoms with E-state index in [1.165, 1.54) is 16.7 Å². The molecule has 0 aromatic heterocycles. The SMILES string of the molecule is C(#Cc1ccc(-c2ccccc2)cc1)C/C=C/c1ccccc1. The summed E-state index contributed by atoms with van der Waals surface area (Å²) in [6, 6.07) is 29.1. The van der Waals surface area contributed by atoms with Crippen LogP contribution >= 0.6 is 0 Å². The second kappa shape index (κ2) is 7.82. The fraction of sp³-hybridized carbons (Fsp3) is 0.0435. The molecule has 110 valence electrons. The number of rotatable bonds is 3. The van der Waals surface area contributed by atoms with Crippen molar-refractivity contribution < 1.29 is 0 Å². The average Bonchev–Trinajstić information content (AvgIpc) is 2.64. The smallest absolute Gasteiger partial charge is 0.0276 e. The summed E-state index contributed by atoms with van der Waals surface area (Å²) >= 11 is 0. The van der Waals surface area contributed by atoms with E-state index in [1.54, 1.807) is 0 Å². The summed E-state index contributed by atoms with van der Waals surface area (Å²) < 4.78 is 0. The van der Waals surface area contributed by atoms with Gasteiger partial charge in [-0.3, -0.25) is 0 Å². The Morgan fingerprint density at radius 3 is 1.96 bits per heavy atom. The molecule has 3 aromatic carbocycles. The van der Waals surface area contributed by atoms with Crippen molar-refractivity contribution in [3.63, 3.8) is 0 Å². The molecule has 0 heteroatoms. The summed E-state index contributed by atoms with van der Waals surface area (Å²) in [6.45, 7) is 0. The van der Waals surface area contributed by atoms with E-state index in [0.717, 1.165) is 12.0 Å².